The van der Waals surface area contributed by atoms with E-state index in [1.165, 1.54) is 12.1 Å². The molecule has 0 spiro atoms. The fourth-order valence-electron chi connectivity index (χ4n) is 1.21. The Bertz CT molecular complexity index is 539. The molecule has 6 nitrogen and oxygen atoms in total. The summed E-state index contributed by atoms with van der Waals surface area (Å²) >= 11 is 11.5. The van der Waals surface area contributed by atoms with Gasteiger partial charge in [0.2, 0.25) is 0 Å². The molecule has 1 aromatic carbocycles. The van der Waals surface area contributed by atoms with Gasteiger partial charge in [-0.1, -0.05) is 23.2 Å². The lowest BCUT2D eigenvalue weighted by Crippen LogP contribution is -2.24. The Labute approximate surface area is 112 Å². The Morgan fingerprint density at radius 2 is 1.89 bits per heavy atom. The fraction of sp³-hybridized carbons (Fsp3) is 0.100. The molecule has 1 amide bonds. The first-order chi connectivity index (χ1) is 8.32. The van der Waals surface area contributed by atoms with E-state index in [0.717, 1.165) is 0 Å². The molecule has 18 heavy (non-hydrogen) atoms. The van der Waals surface area contributed by atoms with E-state index in [4.69, 9.17) is 34.7 Å². The molecule has 0 heterocycles. The van der Waals surface area contributed by atoms with Gasteiger partial charge in [0.1, 0.15) is 5.75 Å². The van der Waals surface area contributed by atoms with Gasteiger partial charge in [0.15, 0.2) is 11.7 Å². The van der Waals surface area contributed by atoms with Gasteiger partial charge in [-0.05, 0) is 12.1 Å². The van der Waals surface area contributed by atoms with Crippen molar-refractivity contribution in [1.82, 2.24) is 0 Å². The number of phenols is 1. The molecule has 0 aliphatic rings. The number of nitrogens with two attached hydrogens (primary N) is 2. The fourth-order valence-corrected chi connectivity index (χ4v) is 1.79. The summed E-state index contributed by atoms with van der Waals surface area (Å²) in [4.78, 5) is 26.2. The zero-order valence-electron chi connectivity index (χ0n) is 8.98. The highest BCUT2D eigenvalue weighted by Crippen LogP contribution is 2.33. The van der Waals surface area contributed by atoms with Gasteiger partial charge in [0.05, 0.1) is 22.0 Å². The smallest absolute Gasteiger partial charge is 0.256 e. The number of benzene rings is 1. The molecule has 0 aliphatic heterocycles. The maximum atomic E-state index is 11.8. The summed E-state index contributed by atoms with van der Waals surface area (Å²) in [6.07, 6.45) is -0.596. The number of hydrogen-bond acceptors (Lipinski definition) is 3. The van der Waals surface area contributed by atoms with Gasteiger partial charge in [-0.3, -0.25) is 9.59 Å². The summed E-state index contributed by atoms with van der Waals surface area (Å²) in [5.41, 5.74) is 9.85. The summed E-state index contributed by atoms with van der Waals surface area (Å²) in [6, 6.07) is 2.53. The van der Waals surface area contributed by atoms with Crippen LogP contribution >= 0.6 is 23.2 Å². The number of rotatable bonds is 3. The average Bonchev–Trinajstić information content (AvgIpc) is 2.22. The van der Waals surface area contributed by atoms with E-state index in [-0.39, 0.29) is 21.4 Å². The average molecular weight is 290 g/mol. The molecular formula is C10H9Cl2N3O3. The van der Waals surface area contributed by atoms with Crippen molar-refractivity contribution in [2.45, 2.75) is 6.42 Å². The number of Topliss-reactive ketones (excluding diaryl/α,β-unsaturated/α-hetero) is 1. The predicted octanol–water partition coefficient (Wildman–Crippen LogP) is 1.07. The quantitative estimate of drug-likeness (QED) is 0.333. The van der Waals surface area contributed by atoms with Gasteiger partial charge in [-0.25, -0.2) is 0 Å². The van der Waals surface area contributed by atoms with E-state index < -0.39 is 24.1 Å². The van der Waals surface area contributed by atoms with Crippen LogP contribution in [0.4, 0.5) is 0 Å². The van der Waals surface area contributed by atoms with Gasteiger partial charge in [0, 0.05) is 0 Å². The second-order valence-electron chi connectivity index (χ2n) is 3.29. The SMILES string of the molecule is NC(N)=NC(=O)CC(=O)c1c(Cl)ccc(O)c1Cl. The number of carbonyl (C=O) groups is 2. The zero-order valence-corrected chi connectivity index (χ0v) is 10.5. The number of guanidine groups is 1. The molecule has 96 valence electrons. The molecule has 0 radical (unpaired) electrons. The minimum atomic E-state index is -0.824. The second-order valence-corrected chi connectivity index (χ2v) is 4.07. The number of phenolic OH excluding ortho intramolecular Hbond substituents is 1. The van der Waals surface area contributed by atoms with Gasteiger partial charge < -0.3 is 16.6 Å². The van der Waals surface area contributed by atoms with Crippen molar-refractivity contribution < 1.29 is 14.7 Å². The third kappa shape index (κ3) is 3.35. The molecule has 0 aliphatic carbocycles. The van der Waals surface area contributed by atoms with Crippen LogP contribution in [0.25, 0.3) is 0 Å². The monoisotopic (exact) mass is 289 g/mol. The molecule has 8 heteroatoms. The lowest BCUT2D eigenvalue weighted by molar-refractivity contribution is -0.116. The van der Waals surface area contributed by atoms with Gasteiger partial charge >= 0.3 is 0 Å². The standard InChI is InChI=1S/C10H9Cl2N3O3/c11-4-1-2-5(16)9(12)8(4)6(17)3-7(18)15-10(13)14/h1-2,16H,3H2,(H4,13,14,15,18). The van der Waals surface area contributed by atoms with E-state index in [9.17, 15) is 14.7 Å². The Balaban J connectivity index is 3.02. The minimum absolute atomic E-state index is 0.0281. The third-order valence-electron chi connectivity index (χ3n) is 1.92. The summed E-state index contributed by atoms with van der Waals surface area (Å²) in [7, 11) is 0. The number of nitrogens with zero attached hydrogens (tertiary/aromatic N) is 1. The van der Waals surface area contributed by atoms with E-state index in [1.54, 1.807) is 0 Å². The van der Waals surface area contributed by atoms with Gasteiger partial charge in [0.25, 0.3) is 5.91 Å². The van der Waals surface area contributed by atoms with E-state index in [1.807, 2.05) is 0 Å². The lowest BCUT2D eigenvalue weighted by atomic mass is 10.1. The van der Waals surface area contributed by atoms with Crippen LogP contribution in [0.3, 0.4) is 0 Å². The van der Waals surface area contributed by atoms with Gasteiger partial charge in [-0.15, -0.1) is 0 Å². The Morgan fingerprint density at radius 3 is 2.44 bits per heavy atom. The Kier molecular flexibility index (Phi) is 4.52. The van der Waals surface area contributed by atoms with Gasteiger partial charge in [-0.2, -0.15) is 4.99 Å². The molecule has 0 unspecified atom stereocenters. The van der Waals surface area contributed by atoms with Crippen LogP contribution in [0, 0.1) is 0 Å². The van der Waals surface area contributed by atoms with Crippen molar-refractivity contribution in [3.05, 3.63) is 27.7 Å². The van der Waals surface area contributed by atoms with Crippen molar-refractivity contribution in [3.8, 4) is 5.75 Å². The molecular weight excluding hydrogens is 281 g/mol. The first-order valence-electron chi connectivity index (χ1n) is 4.65. The number of aromatic hydroxyl groups is 1. The summed E-state index contributed by atoms with van der Waals surface area (Å²) < 4.78 is 0. The number of hydrogen-bond donors (Lipinski definition) is 3. The molecule has 0 bridgehead atoms. The highest BCUT2D eigenvalue weighted by Gasteiger charge is 2.20. The highest BCUT2D eigenvalue weighted by atomic mass is 35.5. The van der Waals surface area contributed by atoms with E-state index >= 15 is 0 Å². The normalized spacial score (nSPS) is 9.89. The van der Waals surface area contributed by atoms with Crippen molar-refractivity contribution in [1.29, 1.82) is 0 Å². The van der Waals surface area contributed by atoms with E-state index in [0.29, 0.717) is 0 Å². The van der Waals surface area contributed by atoms with Crippen molar-refractivity contribution in [2.75, 3.05) is 0 Å². The Morgan fingerprint density at radius 1 is 1.28 bits per heavy atom. The van der Waals surface area contributed by atoms with Crippen LogP contribution in [0.5, 0.6) is 5.75 Å². The third-order valence-corrected chi connectivity index (χ3v) is 2.61. The largest absolute Gasteiger partial charge is 0.506 e. The minimum Gasteiger partial charge on any atom is -0.506 e. The number of carbonyl (C=O) groups excluding carboxylic acids is 2. The zero-order chi connectivity index (χ0) is 13.9. The van der Waals surface area contributed by atoms with Crippen LogP contribution < -0.4 is 11.5 Å². The van der Waals surface area contributed by atoms with Crippen molar-refractivity contribution >= 4 is 40.9 Å². The lowest BCUT2D eigenvalue weighted by Gasteiger charge is -2.06. The maximum absolute atomic E-state index is 11.8. The van der Waals surface area contributed by atoms with Crippen LogP contribution in [0.2, 0.25) is 10.0 Å². The highest BCUT2D eigenvalue weighted by molar-refractivity contribution is 6.41. The number of ketones is 1. The number of halogens is 2. The number of amides is 1. The number of aliphatic imine (C=N–C) groups is 1. The molecule has 0 saturated carbocycles. The second kappa shape index (κ2) is 5.70. The summed E-state index contributed by atoms with van der Waals surface area (Å²) in [5.74, 6) is -2.26. The van der Waals surface area contributed by atoms with Crippen LogP contribution in [0.15, 0.2) is 17.1 Å². The molecule has 1 rings (SSSR count). The Hall–Kier alpha value is -1.79. The molecule has 0 fully saturated rings. The van der Waals surface area contributed by atoms with Crippen LogP contribution in [0.1, 0.15) is 16.8 Å². The molecule has 5 N–H and O–H groups in total. The topological polar surface area (TPSA) is 119 Å². The molecule has 0 aromatic heterocycles. The van der Waals surface area contributed by atoms with Crippen LogP contribution in [-0.2, 0) is 4.79 Å². The first kappa shape index (κ1) is 14.3. The van der Waals surface area contributed by atoms with Crippen LogP contribution in [-0.4, -0.2) is 22.8 Å². The predicted molar refractivity (Wildman–Crippen MR) is 67.9 cm³/mol. The first-order valence-corrected chi connectivity index (χ1v) is 5.41. The van der Waals surface area contributed by atoms with Crippen molar-refractivity contribution in [2.24, 2.45) is 16.5 Å². The molecule has 1 aromatic rings. The van der Waals surface area contributed by atoms with Crippen molar-refractivity contribution in [3.63, 3.8) is 0 Å². The summed E-state index contributed by atoms with van der Waals surface area (Å²) in [5, 5.41) is 9.17. The molecule has 0 saturated heterocycles. The maximum Gasteiger partial charge on any atom is 0.256 e. The van der Waals surface area contributed by atoms with E-state index in [2.05, 4.69) is 4.99 Å². The molecule has 0 atom stereocenters. The summed E-state index contributed by atoms with van der Waals surface area (Å²) in [6.45, 7) is 0.